The van der Waals surface area contributed by atoms with Crippen molar-refractivity contribution in [3.05, 3.63) is 38.3 Å². The van der Waals surface area contributed by atoms with Crippen LogP contribution in [0.1, 0.15) is 11.4 Å². The normalized spacial score (nSPS) is 12.1. The van der Waals surface area contributed by atoms with E-state index in [0.29, 0.717) is 0 Å². The smallest absolute Gasteiger partial charge is 0.310 e. The first-order valence-electron chi connectivity index (χ1n) is 4.56. The molecular formula is C10H6BrF3N2O. The first-order valence-corrected chi connectivity index (χ1v) is 5.35. The largest absolute Gasteiger partial charge is 0.417 e. The summed E-state index contributed by atoms with van der Waals surface area (Å²) in [7, 11) is 0. The highest BCUT2D eigenvalue weighted by molar-refractivity contribution is 9.10. The summed E-state index contributed by atoms with van der Waals surface area (Å²) in [6.07, 6.45) is -4.48. The molecule has 0 atom stereocenters. The summed E-state index contributed by atoms with van der Waals surface area (Å²) in [6.45, 7) is 1.51. The number of aromatic nitrogens is 2. The van der Waals surface area contributed by atoms with Crippen LogP contribution < -0.4 is 5.56 Å². The van der Waals surface area contributed by atoms with Crippen molar-refractivity contribution in [3.8, 4) is 0 Å². The lowest BCUT2D eigenvalue weighted by molar-refractivity contribution is -0.138. The van der Waals surface area contributed by atoms with Crippen LogP contribution in [-0.2, 0) is 6.18 Å². The van der Waals surface area contributed by atoms with E-state index < -0.39 is 17.3 Å². The van der Waals surface area contributed by atoms with Crippen LogP contribution in [0.3, 0.4) is 0 Å². The Morgan fingerprint density at radius 1 is 1.35 bits per heavy atom. The molecule has 0 aliphatic rings. The molecule has 1 aromatic carbocycles. The molecular weight excluding hydrogens is 301 g/mol. The van der Waals surface area contributed by atoms with E-state index in [1.54, 1.807) is 0 Å². The van der Waals surface area contributed by atoms with E-state index >= 15 is 0 Å². The number of nitrogens with zero attached hydrogens (tertiary/aromatic N) is 1. The Kier molecular flexibility index (Phi) is 2.73. The number of aromatic amines is 1. The molecule has 0 saturated carbocycles. The summed E-state index contributed by atoms with van der Waals surface area (Å²) >= 11 is 2.81. The molecule has 90 valence electrons. The quantitative estimate of drug-likeness (QED) is 0.813. The minimum Gasteiger partial charge on any atom is -0.310 e. The van der Waals surface area contributed by atoms with Gasteiger partial charge < -0.3 is 4.98 Å². The molecule has 0 radical (unpaired) electrons. The zero-order chi connectivity index (χ0) is 12.8. The van der Waals surface area contributed by atoms with E-state index in [9.17, 15) is 18.0 Å². The number of fused-ring (bicyclic) bond motifs is 1. The lowest BCUT2D eigenvalue weighted by atomic mass is 10.1. The zero-order valence-electron chi connectivity index (χ0n) is 8.52. The Labute approximate surface area is 102 Å². The third-order valence-corrected chi connectivity index (χ3v) is 2.87. The van der Waals surface area contributed by atoms with E-state index in [4.69, 9.17) is 0 Å². The van der Waals surface area contributed by atoms with Crippen molar-refractivity contribution in [2.24, 2.45) is 0 Å². The first-order chi connectivity index (χ1) is 7.79. The number of hydrogen-bond donors (Lipinski definition) is 1. The molecule has 0 bridgehead atoms. The summed E-state index contributed by atoms with van der Waals surface area (Å²) in [5.41, 5.74) is -1.27. The second-order valence-electron chi connectivity index (χ2n) is 3.50. The van der Waals surface area contributed by atoms with Gasteiger partial charge in [0.2, 0.25) is 0 Å². The number of H-pyrrole nitrogens is 1. The highest BCUT2D eigenvalue weighted by Crippen LogP contribution is 2.36. The average Bonchev–Trinajstić information content (AvgIpc) is 2.16. The van der Waals surface area contributed by atoms with Crippen molar-refractivity contribution in [1.82, 2.24) is 9.97 Å². The summed E-state index contributed by atoms with van der Waals surface area (Å²) in [5.74, 6) is 0.276. The van der Waals surface area contributed by atoms with Gasteiger partial charge in [-0.3, -0.25) is 4.79 Å². The van der Waals surface area contributed by atoms with Crippen molar-refractivity contribution in [2.45, 2.75) is 13.1 Å². The lowest BCUT2D eigenvalue weighted by Crippen LogP contribution is -2.12. The Bertz CT molecular complexity index is 648. The molecule has 0 aliphatic heterocycles. The number of benzene rings is 1. The second kappa shape index (κ2) is 3.83. The molecule has 0 spiro atoms. The van der Waals surface area contributed by atoms with Crippen molar-refractivity contribution >= 4 is 26.8 Å². The maximum absolute atomic E-state index is 12.6. The lowest BCUT2D eigenvalue weighted by Gasteiger charge is -2.10. The standard InChI is InChI=1S/C10H6BrF3N2O/c1-4-15-8-3-6(10(12,13)14)7(11)2-5(8)9(17)16-4/h2-3H,1H3,(H,15,16,17). The van der Waals surface area contributed by atoms with E-state index in [1.165, 1.54) is 6.92 Å². The number of rotatable bonds is 0. The van der Waals surface area contributed by atoms with Crippen molar-refractivity contribution < 1.29 is 13.2 Å². The topological polar surface area (TPSA) is 45.8 Å². The van der Waals surface area contributed by atoms with Crippen molar-refractivity contribution in [2.75, 3.05) is 0 Å². The number of halogens is 4. The Hall–Kier alpha value is -1.37. The van der Waals surface area contributed by atoms with Gasteiger partial charge in [0.1, 0.15) is 5.82 Å². The van der Waals surface area contributed by atoms with Crippen molar-refractivity contribution in [1.29, 1.82) is 0 Å². The van der Waals surface area contributed by atoms with Gasteiger partial charge in [0.05, 0.1) is 16.5 Å². The third kappa shape index (κ3) is 2.19. The molecule has 17 heavy (non-hydrogen) atoms. The predicted octanol–water partition coefficient (Wildman–Crippen LogP) is 3.01. The van der Waals surface area contributed by atoms with Gasteiger partial charge in [-0.05, 0) is 19.1 Å². The zero-order valence-corrected chi connectivity index (χ0v) is 10.1. The van der Waals surface area contributed by atoms with Crippen LogP contribution in [-0.4, -0.2) is 9.97 Å². The minimum absolute atomic E-state index is 0.0294. The fraction of sp³-hybridized carbons (Fsp3) is 0.200. The minimum atomic E-state index is -4.48. The molecule has 1 N–H and O–H groups in total. The number of aryl methyl sites for hydroxylation is 1. The van der Waals surface area contributed by atoms with Gasteiger partial charge in [0, 0.05) is 4.47 Å². The molecule has 1 aromatic heterocycles. The second-order valence-corrected chi connectivity index (χ2v) is 4.35. The van der Waals surface area contributed by atoms with Crippen molar-refractivity contribution in [3.63, 3.8) is 0 Å². The molecule has 7 heteroatoms. The van der Waals surface area contributed by atoms with Gasteiger partial charge in [-0.1, -0.05) is 15.9 Å². The summed E-state index contributed by atoms with van der Waals surface area (Å²) < 4.78 is 37.7. The summed E-state index contributed by atoms with van der Waals surface area (Å²) in [6, 6.07) is 1.99. The van der Waals surface area contributed by atoms with E-state index in [2.05, 4.69) is 25.9 Å². The molecule has 2 rings (SSSR count). The molecule has 0 saturated heterocycles. The van der Waals surface area contributed by atoms with Crippen LogP contribution in [0.25, 0.3) is 10.9 Å². The Morgan fingerprint density at radius 2 is 2.00 bits per heavy atom. The van der Waals surface area contributed by atoms with Gasteiger partial charge in [-0.25, -0.2) is 4.98 Å². The molecule has 2 aromatic rings. The average molecular weight is 307 g/mol. The molecule has 0 fully saturated rings. The highest BCUT2D eigenvalue weighted by atomic mass is 79.9. The molecule has 0 amide bonds. The number of alkyl halides is 3. The number of hydrogen-bond acceptors (Lipinski definition) is 2. The van der Waals surface area contributed by atoms with Crippen LogP contribution in [0.5, 0.6) is 0 Å². The predicted molar refractivity (Wildman–Crippen MR) is 59.8 cm³/mol. The van der Waals surface area contributed by atoms with Gasteiger partial charge in [0.15, 0.2) is 0 Å². The van der Waals surface area contributed by atoms with Gasteiger partial charge in [-0.2, -0.15) is 13.2 Å². The SMILES string of the molecule is Cc1nc2cc(C(F)(F)F)c(Br)cc2c(=O)[nH]1. The van der Waals surface area contributed by atoms with Crippen LogP contribution in [0, 0.1) is 6.92 Å². The molecule has 0 aliphatic carbocycles. The highest BCUT2D eigenvalue weighted by Gasteiger charge is 2.33. The summed E-state index contributed by atoms with van der Waals surface area (Å²) in [5, 5.41) is 0.121. The van der Waals surface area contributed by atoms with Crippen LogP contribution >= 0.6 is 15.9 Å². The first kappa shape index (κ1) is 12.1. The maximum atomic E-state index is 12.6. The molecule has 0 unspecified atom stereocenters. The van der Waals surface area contributed by atoms with E-state index in [-0.39, 0.29) is 21.2 Å². The fourth-order valence-corrected chi connectivity index (χ4v) is 2.06. The van der Waals surface area contributed by atoms with Gasteiger partial charge in [-0.15, -0.1) is 0 Å². The fourth-order valence-electron chi connectivity index (χ4n) is 1.49. The van der Waals surface area contributed by atoms with Gasteiger partial charge in [0.25, 0.3) is 5.56 Å². The van der Waals surface area contributed by atoms with Crippen LogP contribution in [0.2, 0.25) is 0 Å². The Balaban J connectivity index is 2.86. The molecule has 1 heterocycles. The third-order valence-electron chi connectivity index (χ3n) is 2.22. The molecule has 3 nitrogen and oxygen atoms in total. The van der Waals surface area contributed by atoms with Crippen LogP contribution in [0.15, 0.2) is 21.4 Å². The van der Waals surface area contributed by atoms with Crippen LogP contribution in [0.4, 0.5) is 13.2 Å². The monoisotopic (exact) mass is 306 g/mol. The van der Waals surface area contributed by atoms with E-state index in [0.717, 1.165) is 12.1 Å². The van der Waals surface area contributed by atoms with Gasteiger partial charge >= 0.3 is 6.18 Å². The number of nitrogens with one attached hydrogen (secondary N) is 1. The Morgan fingerprint density at radius 3 is 2.59 bits per heavy atom. The maximum Gasteiger partial charge on any atom is 0.417 e. The van der Waals surface area contributed by atoms with E-state index in [1.807, 2.05) is 0 Å². The summed E-state index contributed by atoms with van der Waals surface area (Å²) in [4.78, 5) is 17.8.